The Balaban J connectivity index is 1.49. The van der Waals surface area contributed by atoms with Gasteiger partial charge in [-0.3, -0.25) is 9.59 Å². The zero-order chi connectivity index (χ0) is 29.2. The monoisotopic (exact) mass is 557 g/mol. The summed E-state index contributed by atoms with van der Waals surface area (Å²) in [6.45, 7) is 5.29. The van der Waals surface area contributed by atoms with Crippen LogP contribution in [0.1, 0.15) is 48.0 Å². The third-order valence-corrected chi connectivity index (χ3v) is 6.49. The zero-order valence-corrected chi connectivity index (χ0v) is 22.5. The van der Waals surface area contributed by atoms with Crippen molar-refractivity contribution in [3.8, 4) is 0 Å². The van der Waals surface area contributed by atoms with Crippen LogP contribution in [0.25, 0.3) is 10.9 Å². The number of carbonyl (C=O) groups excluding carboxylic acids is 3. The van der Waals surface area contributed by atoms with Crippen molar-refractivity contribution in [2.75, 3.05) is 20.2 Å². The second kappa shape index (κ2) is 11.1. The molecule has 0 spiro atoms. The van der Waals surface area contributed by atoms with Crippen LogP contribution in [0.15, 0.2) is 54.6 Å². The number of carbonyl (C=O) groups is 3. The molecule has 3 aromatic rings. The lowest BCUT2D eigenvalue weighted by molar-refractivity contribution is -0.145. The van der Waals surface area contributed by atoms with Crippen molar-refractivity contribution in [3.63, 3.8) is 0 Å². The van der Waals surface area contributed by atoms with Crippen LogP contribution in [-0.2, 0) is 26.9 Å². The third kappa shape index (κ3) is 6.70. The van der Waals surface area contributed by atoms with Gasteiger partial charge in [0.1, 0.15) is 11.3 Å². The fraction of sp³-hybridized carbons (Fsp3) is 0.379. The highest BCUT2D eigenvalue weighted by Crippen LogP contribution is 2.32. The van der Waals surface area contributed by atoms with Crippen molar-refractivity contribution < 1.29 is 37.0 Å². The maximum Gasteiger partial charge on any atom is 0.433 e. The number of hydrogen-bond acceptors (Lipinski definition) is 6. The summed E-state index contributed by atoms with van der Waals surface area (Å²) >= 11 is 0. The Morgan fingerprint density at radius 1 is 1.02 bits per heavy atom. The molecule has 212 valence electrons. The molecule has 1 aromatic heterocycles. The van der Waals surface area contributed by atoms with E-state index in [0.717, 1.165) is 6.07 Å². The number of esters is 1. The Labute approximate surface area is 229 Å². The zero-order valence-electron chi connectivity index (χ0n) is 22.5. The summed E-state index contributed by atoms with van der Waals surface area (Å²) in [6.07, 6.45) is -4.98. The molecule has 4 rings (SSSR count). The number of methoxy groups -OCH3 is 1. The van der Waals surface area contributed by atoms with Crippen LogP contribution in [0.4, 0.5) is 18.0 Å². The van der Waals surface area contributed by atoms with Crippen LogP contribution in [0.3, 0.4) is 0 Å². The SMILES string of the molecule is COC(=O)[C@H]1CN(C(=O)OC(C)(C)C)C[C@H]1NC(=O)c1ccc(Cc2cc(C(F)(F)F)nc3ccccc23)cc1. The smallest absolute Gasteiger partial charge is 0.433 e. The molecule has 2 atom stereocenters. The predicted molar refractivity (Wildman–Crippen MR) is 141 cm³/mol. The molecule has 0 saturated carbocycles. The maximum absolute atomic E-state index is 13.4. The molecular formula is C29H30F3N3O5. The van der Waals surface area contributed by atoms with Gasteiger partial charge >= 0.3 is 18.2 Å². The second-order valence-electron chi connectivity index (χ2n) is 10.7. The summed E-state index contributed by atoms with van der Waals surface area (Å²) in [7, 11) is 1.24. The van der Waals surface area contributed by atoms with Gasteiger partial charge in [-0.05, 0) is 62.6 Å². The number of rotatable bonds is 5. The van der Waals surface area contributed by atoms with Gasteiger partial charge in [-0.25, -0.2) is 9.78 Å². The van der Waals surface area contributed by atoms with Gasteiger partial charge in [0, 0.05) is 24.0 Å². The maximum atomic E-state index is 13.4. The van der Waals surface area contributed by atoms with Crippen LogP contribution in [0.2, 0.25) is 0 Å². The molecular weight excluding hydrogens is 527 g/mol. The number of nitrogens with one attached hydrogen (secondary N) is 1. The first-order valence-corrected chi connectivity index (χ1v) is 12.7. The molecule has 0 aliphatic carbocycles. The van der Waals surface area contributed by atoms with Crippen LogP contribution in [0, 0.1) is 5.92 Å². The second-order valence-corrected chi connectivity index (χ2v) is 10.7. The number of para-hydroxylation sites is 1. The van der Waals surface area contributed by atoms with E-state index >= 15 is 0 Å². The van der Waals surface area contributed by atoms with Crippen LogP contribution in [-0.4, -0.2) is 59.7 Å². The van der Waals surface area contributed by atoms with Crippen molar-refractivity contribution in [3.05, 3.63) is 77.0 Å². The lowest BCUT2D eigenvalue weighted by Gasteiger charge is -2.24. The Bertz CT molecular complexity index is 1420. The van der Waals surface area contributed by atoms with E-state index in [-0.39, 0.29) is 25.0 Å². The van der Waals surface area contributed by atoms with Gasteiger partial charge < -0.3 is 19.7 Å². The summed E-state index contributed by atoms with van der Waals surface area (Å²) in [5.74, 6) is -1.80. The summed E-state index contributed by atoms with van der Waals surface area (Å²) in [5, 5.41) is 3.42. The number of nitrogens with zero attached hydrogens (tertiary/aromatic N) is 2. The molecule has 2 aromatic carbocycles. The summed E-state index contributed by atoms with van der Waals surface area (Å²) in [4.78, 5) is 43.0. The van der Waals surface area contributed by atoms with E-state index in [2.05, 4.69) is 10.3 Å². The van der Waals surface area contributed by atoms with E-state index in [0.29, 0.717) is 22.1 Å². The van der Waals surface area contributed by atoms with E-state index in [4.69, 9.17) is 9.47 Å². The first-order valence-electron chi connectivity index (χ1n) is 12.7. The van der Waals surface area contributed by atoms with Crippen molar-refractivity contribution in [1.82, 2.24) is 15.2 Å². The quantitative estimate of drug-likeness (QED) is 0.445. The lowest BCUT2D eigenvalue weighted by atomic mass is 9.99. The summed E-state index contributed by atoms with van der Waals surface area (Å²) in [5.41, 5.74) is 0.0146. The van der Waals surface area contributed by atoms with E-state index in [1.54, 1.807) is 63.2 Å². The molecule has 0 bridgehead atoms. The van der Waals surface area contributed by atoms with Gasteiger partial charge in [-0.1, -0.05) is 30.3 Å². The van der Waals surface area contributed by atoms with E-state index < -0.39 is 47.4 Å². The Morgan fingerprint density at radius 3 is 2.33 bits per heavy atom. The van der Waals surface area contributed by atoms with Crippen molar-refractivity contribution in [2.45, 2.75) is 45.0 Å². The molecule has 1 aliphatic heterocycles. The lowest BCUT2D eigenvalue weighted by Crippen LogP contribution is -2.43. The number of aromatic nitrogens is 1. The highest BCUT2D eigenvalue weighted by Gasteiger charge is 2.42. The Morgan fingerprint density at radius 2 is 1.70 bits per heavy atom. The molecule has 2 heterocycles. The van der Waals surface area contributed by atoms with Gasteiger partial charge in [0.15, 0.2) is 0 Å². The number of halogens is 3. The highest BCUT2D eigenvalue weighted by molar-refractivity contribution is 5.95. The minimum Gasteiger partial charge on any atom is -0.469 e. The number of pyridine rings is 1. The third-order valence-electron chi connectivity index (χ3n) is 6.49. The molecule has 0 unspecified atom stereocenters. The van der Waals surface area contributed by atoms with Gasteiger partial charge in [0.2, 0.25) is 0 Å². The van der Waals surface area contributed by atoms with Crippen LogP contribution in [0.5, 0.6) is 0 Å². The Kier molecular flexibility index (Phi) is 8.04. The minimum atomic E-state index is -4.58. The fourth-order valence-corrected chi connectivity index (χ4v) is 4.60. The molecule has 8 nitrogen and oxygen atoms in total. The number of alkyl halides is 3. The number of hydrogen-bond donors (Lipinski definition) is 1. The summed E-state index contributed by atoms with van der Waals surface area (Å²) < 4.78 is 50.5. The van der Waals surface area contributed by atoms with Crippen molar-refractivity contribution >= 4 is 28.9 Å². The summed E-state index contributed by atoms with van der Waals surface area (Å²) in [6, 6.07) is 13.4. The number of ether oxygens (including phenoxy) is 2. The van der Waals surface area contributed by atoms with E-state index in [1.165, 1.54) is 18.1 Å². The standard InChI is InChI=1S/C29H30F3N3O5/c1-28(2,3)40-27(38)35-15-21(26(37)39-4)23(16-35)34-25(36)18-11-9-17(10-12-18)13-19-14-24(29(30,31)32)33-22-8-6-5-7-20(19)22/h5-12,14,21,23H,13,15-16H2,1-4H3,(H,34,36)/t21-,23+/m0/s1. The highest BCUT2D eigenvalue weighted by atomic mass is 19.4. The fourth-order valence-electron chi connectivity index (χ4n) is 4.60. The van der Waals surface area contributed by atoms with Gasteiger partial charge in [0.05, 0.1) is 24.6 Å². The van der Waals surface area contributed by atoms with Gasteiger partial charge in [-0.2, -0.15) is 13.2 Å². The normalized spacial score (nSPS) is 17.5. The van der Waals surface area contributed by atoms with Crippen LogP contribution < -0.4 is 5.32 Å². The molecule has 2 amide bonds. The topological polar surface area (TPSA) is 97.8 Å². The number of benzene rings is 2. The molecule has 1 aliphatic rings. The predicted octanol–water partition coefficient (Wildman–Crippen LogP) is 4.98. The largest absolute Gasteiger partial charge is 0.469 e. The average Bonchev–Trinajstić information content (AvgIpc) is 3.31. The molecule has 1 fully saturated rings. The average molecular weight is 558 g/mol. The molecule has 1 N–H and O–H groups in total. The first-order chi connectivity index (χ1) is 18.7. The van der Waals surface area contributed by atoms with Gasteiger partial charge in [0.25, 0.3) is 5.91 Å². The molecule has 11 heteroatoms. The first kappa shape index (κ1) is 28.8. The van der Waals surface area contributed by atoms with Crippen molar-refractivity contribution in [2.24, 2.45) is 5.92 Å². The van der Waals surface area contributed by atoms with Gasteiger partial charge in [-0.15, -0.1) is 0 Å². The number of fused-ring (bicyclic) bond motifs is 1. The molecule has 40 heavy (non-hydrogen) atoms. The van der Waals surface area contributed by atoms with E-state index in [9.17, 15) is 27.6 Å². The Hall–Kier alpha value is -4.15. The number of likely N-dealkylation sites (tertiary alicyclic amines) is 1. The van der Waals surface area contributed by atoms with E-state index in [1.807, 2.05) is 0 Å². The van der Waals surface area contributed by atoms with Crippen molar-refractivity contribution in [1.29, 1.82) is 0 Å². The molecule has 1 saturated heterocycles. The number of amides is 2. The molecule has 0 radical (unpaired) electrons. The van der Waals surface area contributed by atoms with Crippen LogP contribution >= 0.6 is 0 Å². The minimum absolute atomic E-state index is 0.0330.